The van der Waals surface area contributed by atoms with E-state index in [1.54, 1.807) is 0 Å². The summed E-state index contributed by atoms with van der Waals surface area (Å²) >= 11 is 0. The summed E-state index contributed by atoms with van der Waals surface area (Å²) in [7, 11) is 0. The highest BCUT2D eigenvalue weighted by atomic mass is 16.6. The van der Waals surface area contributed by atoms with Crippen LogP contribution in [0.25, 0.3) is 0 Å². The van der Waals surface area contributed by atoms with Crippen LogP contribution in [0.15, 0.2) is 0 Å². The maximum absolute atomic E-state index is 9.93. The zero-order valence-electron chi connectivity index (χ0n) is 12.5. The van der Waals surface area contributed by atoms with Crippen molar-refractivity contribution in [1.82, 2.24) is 0 Å². The molecule has 0 heterocycles. The maximum atomic E-state index is 9.93. The van der Waals surface area contributed by atoms with Crippen molar-refractivity contribution in [2.24, 2.45) is 22.3 Å². The first kappa shape index (κ1) is 21.6. The van der Waals surface area contributed by atoms with Crippen LogP contribution in [-0.4, -0.2) is 96.0 Å². The van der Waals surface area contributed by atoms with Gasteiger partial charge in [0, 0.05) is 0 Å². The molecule has 0 fully saturated rings. The van der Waals surface area contributed by atoms with Crippen LogP contribution in [0.2, 0.25) is 0 Å². The van der Waals surface area contributed by atoms with Crippen LogP contribution < -0.4 is 11.5 Å². The van der Waals surface area contributed by atoms with E-state index in [0.717, 1.165) is 0 Å². The van der Waals surface area contributed by atoms with E-state index in [1.165, 1.54) is 0 Å². The molecular formula is C12H28N2O8. The summed E-state index contributed by atoms with van der Waals surface area (Å²) in [6.07, 6.45) is -2.43. The third kappa shape index (κ3) is 6.01. The largest absolute Gasteiger partial charge is 0.396 e. The molecule has 0 aromatic heterocycles. The van der Waals surface area contributed by atoms with E-state index in [9.17, 15) is 30.6 Å². The van der Waals surface area contributed by atoms with Crippen molar-refractivity contribution in [3.63, 3.8) is 0 Å². The summed E-state index contributed by atoms with van der Waals surface area (Å²) in [5.41, 5.74) is 7.76. The summed E-state index contributed by atoms with van der Waals surface area (Å²) in [5, 5.41) is 56.3. The molecule has 0 aliphatic carbocycles. The summed E-state index contributed by atoms with van der Waals surface area (Å²) in [6, 6.07) is 0. The molecule has 0 aromatic rings. The third-order valence-corrected chi connectivity index (χ3v) is 3.40. The predicted molar refractivity (Wildman–Crippen MR) is 75.2 cm³/mol. The second kappa shape index (κ2) is 10.4. The third-order valence-electron chi connectivity index (χ3n) is 3.40. The Bertz CT molecular complexity index is 276. The Kier molecular flexibility index (Phi) is 10.2. The van der Waals surface area contributed by atoms with Crippen LogP contribution in [0.4, 0.5) is 0 Å². The highest BCUT2D eigenvalue weighted by molar-refractivity contribution is 4.83. The molecular weight excluding hydrogens is 300 g/mol. The maximum Gasteiger partial charge on any atom is 0.166 e. The highest BCUT2D eigenvalue weighted by Gasteiger charge is 2.40. The van der Waals surface area contributed by atoms with Gasteiger partial charge in [0.05, 0.1) is 69.9 Å². The molecule has 0 bridgehead atoms. The molecule has 0 saturated heterocycles. The van der Waals surface area contributed by atoms with Crippen LogP contribution in [0.1, 0.15) is 0 Å². The van der Waals surface area contributed by atoms with Gasteiger partial charge in [-0.25, -0.2) is 0 Å². The molecule has 1 atom stereocenters. The molecule has 0 aliphatic rings. The topological polar surface area (TPSA) is 192 Å². The lowest BCUT2D eigenvalue weighted by Gasteiger charge is -2.36. The van der Waals surface area contributed by atoms with Crippen molar-refractivity contribution in [3.05, 3.63) is 0 Å². The first-order valence-electron chi connectivity index (χ1n) is 6.78. The average Bonchev–Trinajstić information content (AvgIpc) is 2.54. The van der Waals surface area contributed by atoms with Crippen LogP contribution in [0, 0.1) is 10.8 Å². The number of hydrogen-bond donors (Lipinski definition) is 8. The predicted octanol–water partition coefficient (Wildman–Crippen LogP) is -4.48. The average molecular weight is 328 g/mol. The Balaban J connectivity index is 4.68. The molecule has 0 spiro atoms. The Labute approximate surface area is 128 Å². The number of aliphatic hydroxyl groups is 6. The molecule has 134 valence electrons. The fourth-order valence-electron chi connectivity index (χ4n) is 1.51. The van der Waals surface area contributed by atoms with Crippen LogP contribution in [0.5, 0.6) is 0 Å². The quantitative estimate of drug-likeness (QED) is 0.153. The first-order valence-corrected chi connectivity index (χ1v) is 6.78. The minimum atomic E-state index is -1.59. The van der Waals surface area contributed by atoms with E-state index in [2.05, 4.69) is 0 Å². The SMILES string of the molecule is NC(N)COC(O)C(CO)(CO)COCC(CO)(CO)CO. The molecule has 10 N–H and O–H groups in total. The molecule has 0 saturated carbocycles. The van der Waals surface area contributed by atoms with Crippen molar-refractivity contribution >= 4 is 0 Å². The lowest BCUT2D eigenvalue weighted by molar-refractivity contribution is -0.223. The van der Waals surface area contributed by atoms with E-state index in [-0.39, 0.29) is 19.8 Å². The molecule has 0 rings (SSSR count). The standard InChI is InChI=1S/C12H28N2O8/c13-9(14)1-22-10(20)12(5-18,6-19)8-21-7-11(2-15,3-16)4-17/h9-10,15-20H,1-8,13-14H2. The van der Waals surface area contributed by atoms with E-state index in [4.69, 9.17) is 20.9 Å². The van der Waals surface area contributed by atoms with Gasteiger partial charge < -0.3 is 51.6 Å². The Morgan fingerprint density at radius 3 is 1.68 bits per heavy atom. The number of nitrogens with two attached hydrogens (primary N) is 2. The van der Waals surface area contributed by atoms with Crippen molar-refractivity contribution in [2.45, 2.75) is 12.5 Å². The second-order valence-electron chi connectivity index (χ2n) is 5.50. The van der Waals surface area contributed by atoms with Gasteiger partial charge in [-0.2, -0.15) is 0 Å². The Morgan fingerprint density at radius 1 is 0.818 bits per heavy atom. The monoisotopic (exact) mass is 328 g/mol. The molecule has 10 heteroatoms. The number of rotatable bonds is 13. The highest BCUT2D eigenvalue weighted by Crippen LogP contribution is 2.24. The normalized spacial score (nSPS) is 14.6. The molecule has 22 heavy (non-hydrogen) atoms. The molecule has 0 aliphatic heterocycles. The lowest BCUT2D eigenvalue weighted by atomic mass is 9.89. The summed E-state index contributed by atoms with van der Waals surface area (Å²) in [5.74, 6) is 0. The Morgan fingerprint density at radius 2 is 1.32 bits per heavy atom. The molecule has 0 amide bonds. The van der Waals surface area contributed by atoms with Gasteiger partial charge in [-0.1, -0.05) is 0 Å². The lowest BCUT2D eigenvalue weighted by Crippen LogP contribution is -2.50. The van der Waals surface area contributed by atoms with Gasteiger partial charge >= 0.3 is 0 Å². The molecule has 10 nitrogen and oxygen atoms in total. The van der Waals surface area contributed by atoms with Crippen LogP contribution >= 0.6 is 0 Å². The van der Waals surface area contributed by atoms with E-state index in [0.29, 0.717) is 0 Å². The van der Waals surface area contributed by atoms with Crippen molar-refractivity contribution in [3.8, 4) is 0 Å². The van der Waals surface area contributed by atoms with Crippen molar-refractivity contribution in [2.75, 3.05) is 52.9 Å². The summed E-state index contributed by atoms with van der Waals surface area (Å²) < 4.78 is 10.2. The van der Waals surface area contributed by atoms with Crippen LogP contribution in [-0.2, 0) is 9.47 Å². The van der Waals surface area contributed by atoms with Gasteiger partial charge in [0.1, 0.15) is 0 Å². The van der Waals surface area contributed by atoms with Gasteiger partial charge in [0.2, 0.25) is 0 Å². The molecule has 1 unspecified atom stereocenters. The minimum Gasteiger partial charge on any atom is -0.396 e. The Hall–Kier alpha value is -0.400. The van der Waals surface area contributed by atoms with Gasteiger partial charge in [-0.3, -0.25) is 0 Å². The van der Waals surface area contributed by atoms with E-state index in [1.807, 2.05) is 0 Å². The van der Waals surface area contributed by atoms with E-state index >= 15 is 0 Å². The van der Waals surface area contributed by atoms with Crippen molar-refractivity contribution < 1.29 is 40.1 Å². The van der Waals surface area contributed by atoms with Gasteiger partial charge in [0.15, 0.2) is 6.29 Å². The fourth-order valence-corrected chi connectivity index (χ4v) is 1.51. The van der Waals surface area contributed by atoms with Gasteiger partial charge in [-0.15, -0.1) is 0 Å². The van der Waals surface area contributed by atoms with E-state index < -0.39 is 56.3 Å². The fraction of sp³-hybridized carbons (Fsp3) is 1.00. The van der Waals surface area contributed by atoms with Gasteiger partial charge in [0.25, 0.3) is 0 Å². The number of hydrogen-bond acceptors (Lipinski definition) is 10. The van der Waals surface area contributed by atoms with Gasteiger partial charge in [-0.05, 0) is 0 Å². The second-order valence-corrected chi connectivity index (χ2v) is 5.50. The first-order chi connectivity index (χ1) is 10.3. The summed E-state index contributed by atoms with van der Waals surface area (Å²) in [6.45, 7) is -3.67. The zero-order chi connectivity index (χ0) is 17.2. The smallest absolute Gasteiger partial charge is 0.166 e. The summed E-state index contributed by atoms with van der Waals surface area (Å²) in [4.78, 5) is 0. The number of ether oxygens (including phenoxy) is 2. The number of aliphatic hydroxyl groups excluding tert-OH is 6. The molecule has 0 radical (unpaired) electrons. The van der Waals surface area contributed by atoms with Crippen molar-refractivity contribution in [1.29, 1.82) is 0 Å². The molecule has 0 aromatic carbocycles. The zero-order valence-corrected chi connectivity index (χ0v) is 12.5. The minimum absolute atomic E-state index is 0.198. The van der Waals surface area contributed by atoms with Crippen LogP contribution in [0.3, 0.4) is 0 Å².